The molecule has 0 atom stereocenters. The lowest BCUT2D eigenvalue weighted by Gasteiger charge is -2.09. The van der Waals surface area contributed by atoms with Gasteiger partial charge in [-0.2, -0.15) is 0 Å². The van der Waals surface area contributed by atoms with Crippen LogP contribution >= 0.6 is 11.6 Å². The van der Waals surface area contributed by atoms with E-state index in [-0.39, 0.29) is 5.91 Å². The number of nitrogens with zero attached hydrogens (tertiary/aromatic N) is 4. The lowest BCUT2D eigenvalue weighted by atomic mass is 10.1. The van der Waals surface area contributed by atoms with E-state index in [0.29, 0.717) is 28.0 Å². The maximum atomic E-state index is 11.9. The van der Waals surface area contributed by atoms with E-state index in [1.807, 2.05) is 42.6 Å². The topological polar surface area (TPSA) is 81.4 Å². The normalized spacial score (nSPS) is 11.0. The van der Waals surface area contributed by atoms with E-state index in [0.717, 1.165) is 22.0 Å². The molecule has 5 aromatic rings. The van der Waals surface area contributed by atoms with Crippen molar-refractivity contribution in [1.29, 1.82) is 0 Å². The number of rotatable bonds is 4. The summed E-state index contributed by atoms with van der Waals surface area (Å²) in [7, 11) is 1.57. The first-order chi connectivity index (χ1) is 15.1. The Morgan fingerprint density at radius 2 is 1.90 bits per heavy atom. The van der Waals surface area contributed by atoms with Crippen LogP contribution in [0.5, 0.6) is 11.6 Å². The molecule has 8 heteroatoms. The number of nitrogens with one attached hydrogen (secondary N) is 1. The highest BCUT2D eigenvalue weighted by Crippen LogP contribution is 2.29. The monoisotopic (exact) mass is 429 g/mol. The first kappa shape index (κ1) is 19.0. The second-order valence-corrected chi connectivity index (χ2v) is 7.25. The molecule has 0 saturated heterocycles. The van der Waals surface area contributed by atoms with Crippen LogP contribution in [0.15, 0.2) is 73.3 Å². The van der Waals surface area contributed by atoms with E-state index in [4.69, 9.17) is 16.3 Å². The number of ether oxygens (including phenoxy) is 1. The number of halogens is 1. The maximum absolute atomic E-state index is 11.9. The first-order valence-corrected chi connectivity index (χ1v) is 9.88. The van der Waals surface area contributed by atoms with Gasteiger partial charge < -0.3 is 10.1 Å². The number of pyridine rings is 1. The zero-order valence-electron chi connectivity index (χ0n) is 16.4. The van der Waals surface area contributed by atoms with Gasteiger partial charge in [0.2, 0.25) is 11.7 Å². The quantitative estimate of drug-likeness (QED) is 0.446. The minimum absolute atomic E-state index is 0.235. The van der Waals surface area contributed by atoms with Crippen LogP contribution in [0.2, 0.25) is 5.02 Å². The van der Waals surface area contributed by atoms with E-state index < -0.39 is 0 Å². The Bertz CT molecular complexity index is 1450. The third-order valence-electron chi connectivity index (χ3n) is 4.90. The van der Waals surface area contributed by atoms with Crippen LogP contribution in [0, 0.1) is 0 Å². The predicted octanol–water partition coefficient (Wildman–Crippen LogP) is 4.75. The molecule has 0 aliphatic heterocycles. The lowest BCUT2D eigenvalue weighted by molar-refractivity contribution is 0.0963. The molecule has 0 bridgehead atoms. The van der Waals surface area contributed by atoms with Crippen LogP contribution < -0.4 is 10.1 Å². The Morgan fingerprint density at radius 1 is 1.03 bits per heavy atom. The SMILES string of the molecule is CNC(=O)c1ccc(-c2cnc3ncc(Oc4ccc5ncccc5c4)n3c2)cc1Cl. The van der Waals surface area contributed by atoms with Crippen molar-refractivity contribution in [2.75, 3.05) is 7.05 Å². The summed E-state index contributed by atoms with van der Waals surface area (Å²) in [5.41, 5.74) is 2.94. The van der Waals surface area contributed by atoms with Crippen molar-refractivity contribution in [3.63, 3.8) is 0 Å². The number of hydrogen-bond acceptors (Lipinski definition) is 5. The zero-order valence-corrected chi connectivity index (χ0v) is 17.2. The van der Waals surface area contributed by atoms with Gasteiger partial charge in [-0.3, -0.25) is 14.2 Å². The molecule has 0 saturated carbocycles. The molecule has 0 fully saturated rings. The van der Waals surface area contributed by atoms with Gasteiger partial charge in [0.25, 0.3) is 5.91 Å². The molecule has 31 heavy (non-hydrogen) atoms. The summed E-state index contributed by atoms with van der Waals surface area (Å²) < 4.78 is 7.84. The Labute approximate surface area is 182 Å². The van der Waals surface area contributed by atoms with Crippen molar-refractivity contribution < 1.29 is 9.53 Å². The Hall–Kier alpha value is -3.97. The molecule has 1 N–H and O–H groups in total. The van der Waals surface area contributed by atoms with Crippen LogP contribution in [0.4, 0.5) is 0 Å². The van der Waals surface area contributed by atoms with Crippen molar-refractivity contribution >= 4 is 34.2 Å². The Morgan fingerprint density at radius 3 is 2.74 bits per heavy atom. The molecular formula is C23H16ClN5O2. The molecular weight excluding hydrogens is 414 g/mol. The smallest absolute Gasteiger partial charge is 0.252 e. The second kappa shape index (κ2) is 7.70. The summed E-state index contributed by atoms with van der Waals surface area (Å²) in [5, 5.41) is 3.92. The largest absolute Gasteiger partial charge is 0.439 e. The highest BCUT2D eigenvalue weighted by atomic mass is 35.5. The fourth-order valence-corrected chi connectivity index (χ4v) is 3.59. The maximum Gasteiger partial charge on any atom is 0.252 e. The summed E-state index contributed by atoms with van der Waals surface area (Å²) in [6, 6.07) is 14.8. The number of benzene rings is 2. The average molecular weight is 430 g/mol. The van der Waals surface area contributed by atoms with E-state index in [2.05, 4.69) is 20.3 Å². The van der Waals surface area contributed by atoms with Gasteiger partial charge >= 0.3 is 0 Å². The highest BCUT2D eigenvalue weighted by Gasteiger charge is 2.12. The van der Waals surface area contributed by atoms with Crippen LogP contribution in [0.1, 0.15) is 10.4 Å². The van der Waals surface area contributed by atoms with Crippen molar-refractivity contribution in [3.8, 4) is 22.8 Å². The van der Waals surface area contributed by atoms with Crippen molar-refractivity contribution in [2.24, 2.45) is 0 Å². The van der Waals surface area contributed by atoms with Gasteiger partial charge in [0.05, 0.1) is 22.3 Å². The fourth-order valence-electron chi connectivity index (χ4n) is 3.33. The summed E-state index contributed by atoms with van der Waals surface area (Å²) in [5.74, 6) is 1.47. The number of fused-ring (bicyclic) bond motifs is 2. The van der Waals surface area contributed by atoms with Gasteiger partial charge in [-0.1, -0.05) is 23.7 Å². The van der Waals surface area contributed by atoms with E-state index >= 15 is 0 Å². The minimum atomic E-state index is -0.235. The van der Waals surface area contributed by atoms with Gasteiger partial charge in [0, 0.05) is 36.6 Å². The van der Waals surface area contributed by atoms with Crippen LogP contribution in [0.3, 0.4) is 0 Å². The summed E-state index contributed by atoms with van der Waals surface area (Å²) >= 11 is 6.31. The summed E-state index contributed by atoms with van der Waals surface area (Å²) in [4.78, 5) is 24.9. The van der Waals surface area contributed by atoms with Gasteiger partial charge in [0.1, 0.15) is 5.75 Å². The number of carbonyl (C=O) groups excluding carboxylic acids is 1. The molecule has 0 spiro atoms. The predicted molar refractivity (Wildman–Crippen MR) is 119 cm³/mol. The van der Waals surface area contributed by atoms with Crippen molar-refractivity contribution in [2.45, 2.75) is 0 Å². The molecule has 3 heterocycles. The standard InChI is InChI=1S/C23H16ClN5O2/c1-25-22(30)18-6-4-14(10-19(18)24)16-11-27-23-28-12-21(29(23)13-16)31-17-5-7-20-15(9-17)3-2-8-26-20/h2-13H,1H3,(H,25,30). The number of amides is 1. The highest BCUT2D eigenvalue weighted by molar-refractivity contribution is 6.34. The average Bonchev–Trinajstić information content (AvgIpc) is 3.20. The van der Waals surface area contributed by atoms with E-state index in [1.165, 1.54) is 0 Å². The number of hydrogen-bond donors (Lipinski definition) is 1. The molecule has 2 aromatic carbocycles. The third kappa shape index (κ3) is 3.55. The molecule has 7 nitrogen and oxygen atoms in total. The first-order valence-electron chi connectivity index (χ1n) is 9.50. The van der Waals surface area contributed by atoms with Gasteiger partial charge in [0.15, 0.2) is 0 Å². The van der Waals surface area contributed by atoms with E-state index in [1.54, 1.807) is 42.2 Å². The molecule has 152 valence electrons. The molecule has 5 rings (SSSR count). The second-order valence-electron chi connectivity index (χ2n) is 6.84. The summed E-state index contributed by atoms with van der Waals surface area (Å²) in [6.07, 6.45) is 6.97. The Balaban J connectivity index is 1.51. The van der Waals surface area contributed by atoms with Gasteiger partial charge in [-0.25, -0.2) is 9.97 Å². The molecule has 0 aliphatic rings. The van der Waals surface area contributed by atoms with Crippen LogP contribution in [0.25, 0.3) is 27.8 Å². The Kier molecular flexibility index (Phi) is 4.72. The van der Waals surface area contributed by atoms with Crippen LogP contribution in [-0.4, -0.2) is 32.3 Å². The van der Waals surface area contributed by atoms with Crippen molar-refractivity contribution in [1.82, 2.24) is 24.7 Å². The third-order valence-corrected chi connectivity index (χ3v) is 5.21. The zero-order chi connectivity index (χ0) is 21.4. The molecule has 0 unspecified atom stereocenters. The van der Waals surface area contributed by atoms with E-state index in [9.17, 15) is 4.79 Å². The number of aromatic nitrogens is 4. The van der Waals surface area contributed by atoms with Gasteiger partial charge in [-0.15, -0.1) is 0 Å². The molecule has 1 amide bonds. The lowest BCUT2D eigenvalue weighted by Crippen LogP contribution is -2.18. The molecule has 0 aliphatic carbocycles. The van der Waals surface area contributed by atoms with Crippen LogP contribution in [-0.2, 0) is 0 Å². The molecule has 0 radical (unpaired) electrons. The number of carbonyl (C=O) groups is 1. The molecule has 3 aromatic heterocycles. The number of imidazole rings is 1. The summed E-state index contributed by atoms with van der Waals surface area (Å²) in [6.45, 7) is 0. The van der Waals surface area contributed by atoms with Gasteiger partial charge in [-0.05, 0) is 42.0 Å². The van der Waals surface area contributed by atoms with Crippen molar-refractivity contribution in [3.05, 3.63) is 83.9 Å². The fraction of sp³-hybridized carbons (Fsp3) is 0.0435. The minimum Gasteiger partial charge on any atom is -0.439 e.